The molecule has 0 N–H and O–H groups in total. The summed E-state index contributed by atoms with van der Waals surface area (Å²) >= 11 is 0. The lowest BCUT2D eigenvalue weighted by atomic mass is 10.0. The van der Waals surface area contributed by atoms with Gasteiger partial charge in [-0.05, 0) is 50.5 Å². The number of aromatic nitrogens is 3. The number of nitro groups is 1. The molecule has 1 aliphatic heterocycles. The van der Waals surface area contributed by atoms with Crippen LogP contribution in [0.3, 0.4) is 0 Å². The minimum absolute atomic E-state index is 0.0578. The second-order valence-electron chi connectivity index (χ2n) is 6.66. The summed E-state index contributed by atoms with van der Waals surface area (Å²) in [6, 6.07) is 8.98. The molecule has 1 aromatic carbocycles. The van der Waals surface area contributed by atoms with Crippen molar-refractivity contribution in [2.75, 3.05) is 11.4 Å². The van der Waals surface area contributed by atoms with Crippen LogP contribution in [0.2, 0.25) is 0 Å². The van der Waals surface area contributed by atoms with Gasteiger partial charge < -0.3 is 9.42 Å². The fourth-order valence-electron chi connectivity index (χ4n) is 3.45. The standard InChI is InChI=1S/C19H19N5O3/c1-13-5-2-3-10-23(13)16-8-7-14(11-17(16)24(25)26)19-21-18(22-27-19)15-6-4-9-20-12-15/h4,6-9,11-13H,2-3,5,10H2,1H3/t13-/m0/s1. The van der Waals surface area contributed by atoms with Gasteiger partial charge in [-0.3, -0.25) is 15.1 Å². The topological polar surface area (TPSA) is 98.2 Å². The van der Waals surface area contributed by atoms with Crippen molar-refractivity contribution in [1.29, 1.82) is 0 Å². The number of pyridine rings is 1. The molecule has 3 aromatic rings. The number of hydrogen-bond donors (Lipinski definition) is 0. The van der Waals surface area contributed by atoms with Gasteiger partial charge in [0.05, 0.1) is 4.92 Å². The van der Waals surface area contributed by atoms with Crippen molar-refractivity contribution in [2.24, 2.45) is 0 Å². The van der Waals surface area contributed by atoms with Crippen LogP contribution in [0.1, 0.15) is 26.2 Å². The van der Waals surface area contributed by atoms with E-state index in [0.29, 0.717) is 17.1 Å². The third-order valence-corrected chi connectivity index (χ3v) is 4.88. The van der Waals surface area contributed by atoms with Crippen molar-refractivity contribution in [3.8, 4) is 22.8 Å². The molecule has 0 radical (unpaired) electrons. The maximum Gasteiger partial charge on any atom is 0.293 e. The first-order valence-corrected chi connectivity index (χ1v) is 8.93. The molecule has 138 valence electrons. The minimum atomic E-state index is -0.349. The molecule has 0 amide bonds. The number of piperidine rings is 1. The molecule has 0 bridgehead atoms. The smallest absolute Gasteiger partial charge is 0.293 e. The summed E-state index contributed by atoms with van der Waals surface area (Å²) in [5, 5.41) is 15.6. The van der Waals surface area contributed by atoms with Gasteiger partial charge in [0.2, 0.25) is 5.82 Å². The molecule has 4 rings (SSSR count). The van der Waals surface area contributed by atoms with Gasteiger partial charge in [0.1, 0.15) is 5.69 Å². The Morgan fingerprint density at radius 1 is 1.26 bits per heavy atom. The SMILES string of the molecule is C[C@H]1CCCCN1c1ccc(-c2nc(-c3cccnc3)no2)cc1[N+](=O)[O-]. The van der Waals surface area contributed by atoms with Gasteiger partial charge in [-0.1, -0.05) is 5.16 Å². The molecule has 0 saturated carbocycles. The fourth-order valence-corrected chi connectivity index (χ4v) is 3.45. The Bertz CT molecular complexity index is 957. The largest absolute Gasteiger partial charge is 0.363 e. The van der Waals surface area contributed by atoms with E-state index in [2.05, 4.69) is 26.9 Å². The lowest BCUT2D eigenvalue weighted by Gasteiger charge is -2.35. The predicted molar refractivity (Wildman–Crippen MR) is 100 cm³/mol. The Hall–Kier alpha value is -3.29. The zero-order valence-electron chi connectivity index (χ0n) is 14.9. The number of nitro benzene ring substituents is 1. The first-order chi connectivity index (χ1) is 13.1. The van der Waals surface area contributed by atoms with Crippen LogP contribution in [0, 0.1) is 10.1 Å². The molecule has 1 fully saturated rings. The number of anilines is 1. The lowest BCUT2D eigenvalue weighted by Crippen LogP contribution is -2.37. The summed E-state index contributed by atoms with van der Waals surface area (Å²) in [5.41, 5.74) is 1.95. The predicted octanol–water partition coefficient (Wildman–Crippen LogP) is 4.09. The molecule has 0 spiro atoms. The quantitative estimate of drug-likeness (QED) is 0.507. The first kappa shape index (κ1) is 17.1. The summed E-state index contributed by atoms with van der Waals surface area (Å²) < 4.78 is 5.32. The maximum atomic E-state index is 11.7. The number of rotatable bonds is 4. The van der Waals surface area contributed by atoms with E-state index < -0.39 is 0 Å². The first-order valence-electron chi connectivity index (χ1n) is 8.93. The molecular weight excluding hydrogens is 346 g/mol. The highest BCUT2D eigenvalue weighted by molar-refractivity contribution is 5.72. The molecule has 2 aromatic heterocycles. The number of hydrogen-bond acceptors (Lipinski definition) is 7. The highest BCUT2D eigenvalue weighted by atomic mass is 16.6. The Balaban J connectivity index is 1.70. The van der Waals surface area contributed by atoms with E-state index in [1.54, 1.807) is 30.6 Å². The van der Waals surface area contributed by atoms with Crippen molar-refractivity contribution in [3.63, 3.8) is 0 Å². The van der Waals surface area contributed by atoms with Gasteiger partial charge in [0.25, 0.3) is 11.6 Å². The van der Waals surface area contributed by atoms with E-state index >= 15 is 0 Å². The van der Waals surface area contributed by atoms with Crippen LogP contribution in [0.4, 0.5) is 11.4 Å². The molecule has 1 saturated heterocycles. The second-order valence-corrected chi connectivity index (χ2v) is 6.66. The van der Waals surface area contributed by atoms with Gasteiger partial charge in [-0.25, -0.2) is 0 Å². The van der Waals surface area contributed by atoms with Crippen LogP contribution in [-0.4, -0.2) is 32.6 Å². The van der Waals surface area contributed by atoms with Crippen molar-refractivity contribution < 1.29 is 9.45 Å². The van der Waals surface area contributed by atoms with Gasteiger partial charge >= 0.3 is 0 Å². The Kier molecular flexibility index (Phi) is 4.53. The van der Waals surface area contributed by atoms with Gasteiger partial charge in [0, 0.05) is 42.2 Å². The van der Waals surface area contributed by atoms with Crippen molar-refractivity contribution >= 4 is 11.4 Å². The number of nitrogens with zero attached hydrogens (tertiary/aromatic N) is 5. The summed E-state index contributed by atoms with van der Waals surface area (Å²) in [6.45, 7) is 2.93. The fraction of sp³-hybridized carbons (Fsp3) is 0.316. The Morgan fingerprint density at radius 3 is 2.89 bits per heavy atom. The third-order valence-electron chi connectivity index (χ3n) is 4.88. The molecule has 0 aliphatic carbocycles. The van der Waals surface area contributed by atoms with Crippen LogP contribution in [0.15, 0.2) is 47.2 Å². The van der Waals surface area contributed by atoms with Gasteiger partial charge in [0.15, 0.2) is 0 Å². The van der Waals surface area contributed by atoms with Crippen LogP contribution in [0.5, 0.6) is 0 Å². The Morgan fingerprint density at radius 2 is 2.15 bits per heavy atom. The molecule has 8 nitrogen and oxygen atoms in total. The molecule has 0 unspecified atom stereocenters. The molecule has 3 heterocycles. The highest BCUT2D eigenvalue weighted by Gasteiger charge is 2.26. The summed E-state index contributed by atoms with van der Waals surface area (Å²) in [5.74, 6) is 0.643. The van der Waals surface area contributed by atoms with Crippen molar-refractivity contribution in [1.82, 2.24) is 15.1 Å². The highest BCUT2D eigenvalue weighted by Crippen LogP contribution is 2.36. The normalized spacial score (nSPS) is 17.1. The number of benzene rings is 1. The second kappa shape index (κ2) is 7.14. The van der Waals surface area contributed by atoms with Gasteiger partial charge in [-0.2, -0.15) is 4.98 Å². The molecular formula is C19H19N5O3. The van der Waals surface area contributed by atoms with Crippen molar-refractivity contribution in [2.45, 2.75) is 32.2 Å². The van der Waals surface area contributed by atoms with E-state index in [-0.39, 0.29) is 22.5 Å². The molecule has 8 heteroatoms. The summed E-state index contributed by atoms with van der Waals surface area (Å²) in [4.78, 5) is 21.8. The maximum absolute atomic E-state index is 11.7. The van der Waals surface area contributed by atoms with Crippen molar-refractivity contribution in [3.05, 3.63) is 52.8 Å². The zero-order valence-corrected chi connectivity index (χ0v) is 14.9. The average Bonchev–Trinajstić information content (AvgIpc) is 3.19. The zero-order chi connectivity index (χ0) is 18.8. The van der Waals surface area contributed by atoms with E-state index in [9.17, 15) is 10.1 Å². The van der Waals surface area contributed by atoms with E-state index in [1.807, 2.05) is 6.07 Å². The van der Waals surface area contributed by atoms with Crippen LogP contribution >= 0.6 is 0 Å². The molecule has 27 heavy (non-hydrogen) atoms. The Labute approximate surface area is 156 Å². The van der Waals surface area contributed by atoms with E-state index in [4.69, 9.17) is 4.52 Å². The molecule has 1 atom stereocenters. The summed E-state index contributed by atoms with van der Waals surface area (Å²) in [7, 11) is 0. The van der Waals surface area contributed by atoms with Crippen LogP contribution < -0.4 is 4.90 Å². The van der Waals surface area contributed by atoms with Crippen LogP contribution in [0.25, 0.3) is 22.8 Å². The minimum Gasteiger partial charge on any atom is -0.363 e. The van der Waals surface area contributed by atoms with E-state index in [1.165, 1.54) is 6.07 Å². The third kappa shape index (κ3) is 3.38. The lowest BCUT2D eigenvalue weighted by molar-refractivity contribution is -0.384. The van der Waals surface area contributed by atoms with Crippen LogP contribution in [-0.2, 0) is 0 Å². The average molecular weight is 365 g/mol. The molecule has 1 aliphatic rings. The van der Waals surface area contributed by atoms with E-state index in [0.717, 1.165) is 31.4 Å². The summed E-state index contributed by atoms with van der Waals surface area (Å²) in [6.07, 6.45) is 6.53. The monoisotopic (exact) mass is 365 g/mol. The van der Waals surface area contributed by atoms with Gasteiger partial charge in [-0.15, -0.1) is 0 Å².